The highest BCUT2D eigenvalue weighted by atomic mass is 32.2. The predicted molar refractivity (Wildman–Crippen MR) is 69.6 cm³/mol. The molecule has 0 aromatic heterocycles. The zero-order chi connectivity index (χ0) is 14.0. The predicted octanol–water partition coefficient (Wildman–Crippen LogP) is 1.11. The lowest BCUT2D eigenvalue weighted by molar-refractivity contribution is -0.140. The minimum atomic E-state index is -3.71. The average Bonchev–Trinajstić information content (AvgIpc) is 2.82. The molecule has 19 heavy (non-hydrogen) atoms. The lowest BCUT2D eigenvalue weighted by atomic mass is 10.2. The van der Waals surface area contributed by atoms with Gasteiger partial charge in [-0.25, -0.2) is 12.8 Å². The third-order valence-corrected chi connectivity index (χ3v) is 5.72. The molecule has 0 bridgehead atoms. The van der Waals surface area contributed by atoms with Crippen molar-refractivity contribution in [3.05, 3.63) is 35.6 Å². The highest BCUT2D eigenvalue weighted by Gasteiger charge is 2.39. The first-order valence-electron chi connectivity index (χ1n) is 5.44. The van der Waals surface area contributed by atoms with Crippen molar-refractivity contribution in [3.63, 3.8) is 0 Å². The summed E-state index contributed by atoms with van der Waals surface area (Å²) in [6.45, 7) is 0. The van der Waals surface area contributed by atoms with Crippen LogP contribution in [-0.4, -0.2) is 41.5 Å². The van der Waals surface area contributed by atoms with Crippen molar-refractivity contribution in [1.29, 1.82) is 0 Å². The first kappa shape index (κ1) is 14.3. The number of halogens is 1. The number of thioether (sulfide) groups is 1. The average molecular weight is 305 g/mol. The van der Waals surface area contributed by atoms with Gasteiger partial charge in [-0.05, 0) is 17.7 Å². The fourth-order valence-corrected chi connectivity index (χ4v) is 5.07. The second kappa shape index (κ2) is 5.48. The molecule has 1 fully saturated rings. The van der Waals surface area contributed by atoms with Crippen LogP contribution in [0.2, 0.25) is 0 Å². The third-order valence-electron chi connectivity index (χ3n) is 2.75. The molecular weight excluding hydrogens is 293 g/mol. The Morgan fingerprint density at radius 2 is 2.05 bits per heavy atom. The zero-order valence-electron chi connectivity index (χ0n) is 9.82. The maximum absolute atomic E-state index is 12.7. The minimum absolute atomic E-state index is 0.139. The first-order valence-corrected chi connectivity index (χ1v) is 8.21. The molecule has 1 aromatic rings. The summed E-state index contributed by atoms with van der Waals surface area (Å²) in [6, 6.07) is 4.10. The van der Waals surface area contributed by atoms with Crippen molar-refractivity contribution in [3.8, 4) is 0 Å². The Labute approximate surface area is 114 Å². The number of hydrogen-bond donors (Lipinski definition) is 1. The number of carboxylic acids is 1. The van der Waals surface area contributed by atoms with E-state index in [4.69, 9.17) is 5.11 Å². The van der Waals surface area contributed by atoms with E-state index in [0.29, 0.717) is 5.56 Å². The second-order valence-corrected chi connectivity index (χ2v) is 7.05. The van der Waals surface area contributed by atoms with E-state index in [1.54, 1.807) is 0 Å². The van der Waals surface area contributed by atoms with Gasteiger partial charge in [-0.1, -0.05) is 12.1 Å². The highest BCUT2D eigenvalue weighted by molar-refractivity contribution is 8.00. The molecule has 1 saturated heterocycles. The lowest BCUT2D eigenvalue weighted by Gasteiger charge is -2.19. The molecule has 0 spiro atoms. The van der Waals surface area contributed by atoms with Crippen LogP contribution in [0.5, 0.6) is 0 Å². The van der Waals surface area contributed by atoms with Crippen molar-refractivity contribution in [2.45, 2.75) is 11.8 Å². The van der Waals surface area contributed by atoms with Crippen molar-refractivity contribution in [2.75, 3.05) is 11.6 Å². The van der Waals surface area contributed by atoms with Gasteiger partial charge in [0.1, 0.15) is 11.9 Å². The van der Waals surface area contributed by atoms with E-state index >= 15 is 0 Å². The SMILES string of the molecule is O=C(O)[C@@H]1CSCN1S(=O)(=O)Cc1ccc(F)cc1. The molecule has 0 aliphatic carbocycles. The van der Waals surface area contributed by atoms with E-state index in [2.05, 4.69) is 0 Å². The van der Waals surface area contributed by atoms with Gasteiger partial charge in [0.25, 0.3) is 0 Å². The Morgan fingerprint density at radius 3 is 2.63 bits per heavy atom. The molecule has 0 radical (unpaired) electrons. The number of nitrogens with zero attached hydrogens (tertiary/aromatic N) is 1. The van der Waals surface area contributed by atoms with Gasteiger partial charge < -0.3 is 5.11 Å². The molecular formula is C11H12FNO4S2. The molecule has 1 N–H and O–H groups in total. The zero-order valence-corrected chi connectivity index (χ0v) is 11.5. The number of sulfonamides is 1. The van der Waals surface area contributed by atoms with E-state index in [1.165, 1.54) is 36.0 Å². The molecule has 5 nitrogen and oxygen atoms in total. The third kappa shape index (κ3) is 3.26. The summed E-state index contributed by atoms with van der Waals surface area (Å²) in [5, 5.41) is 8.98. The van der Waals surface area contributed by atoms with Gasteiger partial charge in [-0.3, -0.25) is 4.79 Å². The smallest absolute Gasteiger partial charge is 0.322 e. The molecule has 1 aliphatic heterocycles. The van der Waals surface area contributed by atoms with Gasteiger partial charge in [-0.2, -0.15) is 4.31 Å². The Bertz CT molecular complexity index is 573. The monoisotopic (exact) mass is 305 g/mol. The van der Waals surface area contributed by atoms with E-state index in [9.17, 15) is 17.6 Å². The summed E-state index contributed by atoms with van der Waals surface area (Å²) >= 11 is 1.26. The number of aliphatic carboxylic acids is 1. The summed E-state index contributed by atoms with van der Waals surface area (Å²) < 4.78 is 38.1. The lowest BCUT2D eigenvalue weighted by Crippen LogP contribution is -2.42. The summed E-state index contributed by atoms with van der Waals surface area (Å²) in [4.78, 5) is 11.0. The van der Waals surface area contributed by atoms with Gasteiger partial charge >= 0.3 is 5.97 Å². The van der Waals surface area contributed by atoms with Gasteiger partial charge in [0, 0.05) is 5.75 Å². The first-order chi connectivity index (χ1) is 8.90. The van der Waals surface area contributed by atoms with Crippen LogP contribution < -0.4 is 0 Å². The quantitative estimate of drug-likeness (QED) is 0.902. The van der Waals surface area contributed by atoms with Crippen LogP contribution in [-0.2, 0) is 20.6 Å². The molecule has 0 amide bonds. The van der Waals surface area contributed by atoms with Crippen molar-refractivity contribution >= 4 is 27.8 Å². The van der Waals surface area contributed by atoms with E-state index < -0.39 is 27.9 Å². The molecule has 0 unspecified atom stereocenters. The molecule has 1 heterocycles. The van der Waals surface area contributed by atoms with Crippen LogP contribution >= 0.6 is 11.8 Å². The normalized spacial score (nSPS) is 20.6. The fourth-order valence-electron chi connectivity index (χ4n) is 1.77. The van der Waals surface area contributed by atoms with Gasteiger partial charge in [0.2, 0.25) is 10.0 Å². The van der Waals surface area contributed by atoms with Crippen LogP contribution in [0, 0.1) is 5.82 Å². The summed E-state index contributed by atoms with van der Waals surface area (Å²) in [6.07, 6.45) is 0. The molecule has 8 heteroatoms. The second-order valence-electron chi connectivity index (χ2n) is 4.12. The van der Waals surface area contributed by atoms with Crippen LogP contribution in [0.15, 0.2) is 24.3 Å². The summed E-state index contributed by atoms with van der Waals surface area (Å²) in [5.41, 5.74) is 0.433. The van der Waals surface area contributed by atoms with E-state index in [1.807, 2.05) is 0 Å². The Morgan fingerprint density at radius 1 is 1.42 bits per heavy atom. The standard InChI is InChI=1S/C11H12FNO4S2/c12-9-3-1-8(2-4-9)6-19(16,17)13-7-18-5-10(13)11(14)15/h1-4,10H,5-7H2,(H,14,15)/t10-/m0/s1. The van der Waals surface area contributed by atoms with Crippen LogP contribution in [0.3, 0.4) is 0 Å². The fraction of sp³-hybridized carbons (Fsp3) is 0.364. The largest absolute Gasteiger partial charge is 0.480 e. The number of carbonyl (C=O) groups is 1. The number of carboxylic acid groups (broad SMARTS) is 1. The Balaban J connectivity index is 2.18. The van der Waals surface area contributed by atoms with E-state index in [-0.39, 0.29) is 17.4 Å². The number of rotatable bonds is 4. The maximum atomic E-state index is 12.7. The van der Waals surface area contributed by atoms with Crippen molar-refractivity contribution < 1.29 is 22.7 Å². The highest BCUT2D eigenvalue weighted by Crippen LogP contribution is 2.26. The Hall–Kier alpha value is -1.12. The number of benzene rings is 1. The maximum Gasteiger partial charge on any atom is 0.322 e. The van der Waals surface area contributed by atoms with E-state index in [0.717, 1.165) is 4.31 Å². The van der Waals surface area contributed by atoms with Crippen LogP contribution in [0.25, 0.3) is 0 Å². The number of hydrogen-bond acceptors (Lipinski definition) is 4. The minimum Gasteiger partial charge on any atom is -0.480 e. The van der Waals surface area contributed by atoms with Crippen LogP contribution in [0.1, 0.15) is 5.56 Å². The van der Waals surface area contributed by atoms with Gasteiger partial charge in [-0.15, -0.1) is 11.8 Å². The van der Waals surface area contributed by atoms with Gasteiger partial charge in [0.05, 0.1) is 11.6 Å². The molecule has 0 saturated carbocycles. The van der Waals surface area contributed by atoms with Crippen molar-refractivity contribution in [2.24, 2.45) is 0 Å². The molecule has 1 aromatic carbocycles. The molecule has 2 rings (SSSR count). The van der Waals surface area contributed by atoms with Gasteiger partial charge in [0.15, 0.2) is 0 Å². The molecule has 1 atom stereocenters. The van der Waals surface area contributed by atoms with Crippen LogP contribution in [0.4, 0.5) is 4.39 Å². The molecule has 1 aliphatic rings. The summed E-state index contributed by atoms with van der Waals surface area (Å²) in [5.74, 6) is -1.52. The Kier molecular flexibility index (Phi) is 4.12. The van der Waals surface area contributed by atoms with Crippen molar-refractivity contribution in [1.82, 2.24) is 4.31 Å². The topological polar surface area (TPSA) is 74.7 Å². The molecule has 104 valence electrons. The summed E-state index contributed by atoms with van der Waals surface area (Å²) in [7, 11) is -3.71.